The van der Waals surface area contributed by atoms with E-state index in [0.717, 1.165) is 12.0 Å². The van der Waals surface area contributed by atoms with Crippen LogP contribution in [0.5, 0.6) is 0 Å². The smallest absolute Gasteiger partial charge is 0.201 e. The molecule has 14 heavy (non-hydrogen) atoms. The molecule has 4 heteroatoms. The highest BCUT2D eigenvalue weighted by molar-refractivity contribution is 5.66. The van der Waals surface area contributed by atoms with Crippen molar-refractivity contribution in [1.29, 1.82) is 0 Å². The SMILES string of the molecule is CCC(CN)c1nc2ncccc2o1. The molecule has 0 bridgehead atoms. The number of nitrogens with zero attached hydrogens (tertiary/aromatic N) is 2. The van der Waals surface area contributed by atoms with Crippen LogP contribution in [0.25, 0.3) is 11.2 Å². The molecular weight excluding hydrogens is 178 g/mol. The largest absolute Gasteiger partial charge is 0.439 e. The zero-order valence-corrected chi connectivity index (χ0v) is 8.10. The molecular formula is C10H13N3O. The van der Waals surface area contributed by atoms with Crippen LogP contribution < -0.4 is 5.73 Å². The van der Waals surface area contributed by atoms with E-state index in [1.807, 2.05) is 12.1 Å². The highest BCUT2D eigenvalue weighted by Crippen LogP contribution is 2.21. The van der Waals surface area contributed by atoms with Crippen LogP contribution >= 0.6 is 0 Å². The summed E-state index contributed by atoms with van der Waals surface area (Å²) in [5.41, 5.74) is 7.01. The van der Waals surface area contributed by atoms with Gasteiger partial charge in [-0.05, 0) is 18.6 Å². The van der Waals surface area contributed by atoms with Crippen LogP contribution in [0, 0.1) is 0 Å². The van der Waals surface area contributed by atoms with Crippen LogP contribution in [0.3, 0.4) is 0 Å². The van der Waals surface area contributed by atoms with Gasteiger partial charge < -0.3 is 10.2 Å². The molecule has 1 unspecified atom stereocenters. The van der Waals surface area contributed by atoms with Gasteiger partial charge in [0.05, 0.1) is 0 Å². The van der Waals surface area contributed by atoms with Gasteiger partial charge in [-0.25, -0.2) is 4.98 Å². The predicted molar refractivity (Wildman–Crippen MR) is 53.9 cm³/mol. The minimum absolute atomic E-state index is 0.198. The summed E-state index contributed by atoms with van der Waals surface area (Å²) in [7, 11) is 0. The Morgan fingerprint density at radius 2 is 2.43 bits per heavy atom. The number of rotatable bonds is 3. The molecule has 2 heterocycles. The second kappa shape index (κ2) is 3.75. The Balaban J connectivity index is 2.43. The van der Waals surface area contributed by atoms with Gasteiger partial charge >= 0.3 is 0 Å². The molecule has 2 N–H and O–H groups in total. The average molecular weight is 191 g/mol. The van der Waals surface area contributed by atoms with Gasteiger partial charge in [-0.2, -0.15) is 4.98 Å². The van der Waals surface area contributed by atoms with Crippen LogP contribution in [-0.4, -0.2) is 16.5 Å². The number of fused-ring (bicyclic) bond motifs is 1. The summed E-state index contributed by atoms with van der Waals surface area (Å²) in [5.74, 6) is 0.896. The molecule has 0 aliphatic carbocycles. The lowest BCUT2D eigenvalue weighted by Crippen LogP contribution is -2.11. The van der Waals surface area contributed by atoms with Crippen LogP contribution in [0.4, 0.5) is 0 Å². The second-order valence-electron chi connectivity index (χ2n) is 3.22. The van der Waals surface area contributed by atoms with Gasteiger partial charge in [0, 0.05) is 18.7 Å². The quantitative estimate of drug-likeness (QED) is 0.801. The molecule has 4 nitrogen and oxygen atoms in total. The summed E-state index contributed by atoms with van der Waals surface area (Å²) in [6.07, 6.45) is 2.64. The Bertz CT molecular complexity index is 387. The zero-order valence-electron chi connectivity index (χ0n) is 8.10. The third-order valence-corrected chi connectivity index (χ3v) is 2.31. The van der Waals surface area contributed by atoms with Crippen molar-refractivity contribution in [2.24, 2.45) is 5.73 Å². The molecule has 2 rings (SSSR count). The second-order valence-corrected chi connectivity index (χ2v) is 3.22. The number of aromatic nitrogens is 2. The fourth-order valence-electron chi connectivity index (χ4n) is 1.40. The molecule has 0 aliphatic rings. The maximum atomic E-state index is 5.62. The molecule has 0 aliphatic heterocycles. The van der Waals surface area contributed by atoms with Gasteiger partial charge in [0.1, 0.15) is 0 Å². The number of hydrogen-bond donors (Lipinski definition) is 1. The van der Waals surface area contributed by atoms with Crippen molar-refractivity contribution in [1.82, 2.24) is 9.97 Å². The van der Waals surface area contributed by atoms with E-state index in [1.165, 1.54) is 0 Å². The summed E-state index contributed by atoms with van der Waals surface area (Å²) >= 11 is 0. The first-order chi connectivity index (χ1) is 6.85. The minimum atomic E-state index is 0.198. The molecule has 0 amide bonds. The number of nitrogens with two attached hydrogens (primary N) is 1. The van der Waals surface area contributed by atoms with Crippen molar-refractivity contribution >= 4 is 11.2 Å². The molecule has 0 saturated heterocycles. The fraction of sp³-hybridized carbons (Fsp3) is 0.400. The van der Waals surface area contributed by atoms with Crippen molar-refractivity contribution in [3.63, 3.8) is 0 Å². The molecule has 2 aromatic rings. The van der Waals surface area contributed by atoms with Gasteiger partial charge in [0.2, 0.25) is 5.89 Å². The monoisotopic (exact) mass is 191 g/mol. The highest BCUT2D eigenvalue weighted by atomic mass is 16.3. The molecule has 0 aromatic carbocycles. The maximum Gasteiger partial charge on any atom is 0.201 e. The molecule has 74 valence electrons. The first-order valence-corrected chi connectivity index (χ1v) is 4.76. The molecule has 1 atom stereocenters. The average Bonchev–Trinajstić information content (AvgIpc) is 2.63. The topological polar surface area (TPSA) is 64.9 Å². The lowest BCUT2D eigenvalue weighted by Gasteiger charge is -2.05. The first kappa shape index (κ1) is 9.15. The van der Waals surface area contributed by atoms with Crippen molar-refractivity contribution in [3.8, 4) is 0 Å². The lowest BCUT2D eigenvalue weighted by molar-refractivity contribution is 0.465. The molecule has 0 spiro atoms. The van der Waals surface area contributed by atoms with E-state index in [-0.39, 0.29) is 5.92 Å². The maximum absolute atomic E-state index is 5.62. The predicted octanol–water partition coefficient (Wildman–Crippen LogP) is 1.68. The third-order valence-electron chi connectivity index (χ3n) is 2.31. The Morgan fingerprint density at radius 3 is 3.07 bits per heavy atom. The Morgan fingerprint density at radius 1 is 1.57 bits per heavy atom. The van der Waals surface area contributed by atoms with Crippen LogP contribution in [0.15, 0.2) is 22.7 Å². The molecule has 2 aromatic heterocycles. The van der Waals surface area contributed by atoms with Gasteiger partial charge in [-0.3, -0.25) is 0 Å². The van der Waals surface area contributed by atoms with Gasteiger partial charge in [-0.1, -0.05) is 6.92 Å². The summed E-state index contributed by atoms with van der Waals surface area (Å²) in [5, 5.41) is 0. The van der Waals surface area contributed by atoms with Crippen molar-refractivity contribution in [2.75, 3.05) is 6.54 Å². The fourth-order valence-corrected chi connectivity index (χ4v) is 1.40. The van der Waals surface area contributed by atoms with Crippen molar-refractivity contribution in [2.45, 2.75) is 19.3 Å². The van der Waals surface area contributed by atoms with Crippen LogP contribution in [0.1, 0.15) is 25.2 Å². The zero-order chi connectivity index (χ0) is 9.97. The Labute approximate surface area is 82.1 Å². The lowest BCUT2D eigenvalue weighted by atomic mass is 10.1. The van der Waals surface area contributed by atoms with Crippen molar-refractivity contribution in [3.05, 3.63) is 24.2 Å². The molecule has 0 fully saturated rings. The number of hydrogen-bond acceptors (Lipinski definition) is 4. The first-order valence-electron chi connectivity index (χ1n) is 4.76. The highest BCUT2D eigenvalue weighted by Gasteiger charge is 2.14. The van der Waals surface area contributed by atoms with E-state index in [2.05, 4.69) is 16.9 Å². The summed E-state index contributed by atoms with van der Waals surface area (Å²) in [4.78, 5) is 8.40. The van der Waals surface area contributed by atoms with E-state index in [0.29, 0.717) is 18.1 Å². The van der Waals surface area contributed by atoms with Gasteiger partial charge in [0.15, 0.2) is 11.2 Å². The minimum Gasteiger partial charge on any atom is -0.439 e. The van der Waals surface area contributed by atoms with E-state index in [1.54, 1.807) is 6.20 Å². The van der Waals surface area contributed by atoms with Gasteiger partial charge in [-0.15, -0.1) is 0 Å². The Kier molecular flexibility index (Phi) is 2.45. The summed E-state index contributed by atoms with van der Waals surface area (Å²) < 4.78 is 5.56. The van der Waals surface area contributed by atoms with E-state index in [9.17, 15) is 0 Å². The summed E-state index contributed by atoms with van der Waals surface area (Å²) in [6.45, 7) is 2.63. The number of pyridine rings is 1. The molecule has 0 saturated carbocycles. The standard InChI is InChI=1S/C10H13N3O/c1-2-7(6-11)10-13-9-8(14-10)4-3-5-12-9/h3-5,7H,2,6,11H2,1H3. The third kappa shape index (κ3) is 1.48. The van der Waals surface area contributed by atoms with Crippen LogP contribution in [0.2, 0.25) is 0 Å². The van der Waals surface area contributed by atoms with E-state index in [4.69, 9.17) is 10.2 Å². The van der Waals surface area contributed by atoms with Crippen LogP contribution in [-0.2, 0) is 0 Å². The Hall–Kier alpha value is -1.42. The number of oxazole rings is 1. The van der Waals surface area contributed by atoms with Crippen molar-refractivity contribution < 1.29 is 4.42 Å². The summed E-state index contributed by atoms with van der Waals surface area (Å²) in [6, 6.07) is 3.70. The van der Waals surface area contributed by atoms with Gasteiger partial charge in [0.25, 0.3) is 0 Å². The molecule has 0 radical (unpaired) electrons. The normalized spacial score (nSPS) is 13.3. The van der Waals surface area contributed by atoms with E-state index < -0.39 is 0 Å². The van der Waals surface area contributed by atoms with E-state index >= 15 is 0 Å².